The molecule has 0 fully saturated rings. The van der Waals surface area contributed by atoms with Crippen LogP contribution in [0.5, 0.6) is 0 Å². The van der Waals surface area contributed by atoms with Crippen molar-refractivity contribution < 1.29 is 9.90 Å². The lowest BCUT2D eigenvalue weighted by Crippen LogP contribution is -2.24. The molecule has 2 nitrogen and oxygen atoms in total. The van der Waals surface area contributed by atoms with E-state index in [9.17, 15) is 4.79 Å². The first-order chi connectivity index (χ1) is 2.94. The van der Waals surface area contributed by atoms with Crippen LogP contribution in [0.2, 0.25) is 0 Å². The number of carbonyl (C=O) groups excluding carboxylic acids is 1. The van der Waals surface area contributed by atoms with Gasteiger partial charge in [-0.15, -0.1) is 12.6 Å². The summed E-state index contributed by atoms with van der Waals surface area (Å²) in [5.74, 6) is -0.337. The Bertz CT molecular complexity index is 82.2. The fraction of sp³-hybridized carbons (Fsp3) is 0.750. The van der Waals surface area contributed by atoms with Crippen LogP contribution < -0.4 is 0 Å². The predicted molar refractivity (Wildman–Crippen MR) is 30.3 cm³/mol. The van der Waals surface area contributed by atoms with E-state index in [2.05, 4.69) is 12.6 Å². The zero-order valence-corrected chi connectivity index (χ0v) is 5.20. The molecule has 0 saturated heterocycles. The Labute approximate surface area is 47.9 Å². The van der Waals surface area contributed by atoms with Crippen molar-refractivity contribution in [1.82, 2.24) is 0 Å². The Kier molecular flexibility index (Phi) is 1.83. The van der Waals surface area contributed by atoms with Crippen LogP contribution in [0.1, 0.15) is 13.8 Å². The lowest BCUT2D eigenvalue weighted by atomic mass is 10.3. The van der Waals surface area contributed by atoms with Crippen LogP contribution in [-0.4, -0.2) is 15.8 Å². The molecule has 0 heterocycles. The molecule has 1 atom stereocenters. The number of thiol groups is 1. The molecule has 0 aromatic heterocycles. The van der Waals surface area contributed by atoms with Gasteiger partial charge in [0.15, 0.2) is 10.7 Å². The minimum absolute atomic E-state index is 0.337. The molecule has 1 unspecified atom stereocenters. The largest absolute Gasteiger partial charge is 0.373 e. The average Bonchev–Trinajstić information content (AvgIpc) is 1.31. The molecule has 0 aliphatic carbocycles. The SMILES string of the molecule is CC(=O)C(C)(O)S. The lowest BCUT2D eigenvalue weighted by Gasteiger charge is -2.08. The molecule has 0 saturated carbocycles. The summed E-state index contributed by atoms with van der Waals surface area (Å²) >= 11 is 3.56. The summed E-state index contributed by atoms with van der Waals surface area (Å²) in [7, 11) is 0. The summed E-state index contributed by atoms with van der Waals surface area (Å²) in [4.78, 5) is 8.69. The fourth-order valence-electron chi connectivity index (χ4n) is 0. The maximum Gasteiger partial charge on any atom is 0.171 e. The first-order valence-electron chi connectivity index (χ1n) is 1.90. The van der Waals surface area contributed by atoms with Crippen LogP contribution in [0.4, 0.5) is 0 Å². The van der Waals surface area contributed by atoms with Crippen LogP contribution in [0.3, 0.4) is 0 Å². The monoisotopic (exact) mass is 120 g/mol. The summed E-state index contributed by atoms with van der Waals surface area (Å²) in [6.07, 6.45) is 0. The van der Waals surface area contributed by atoms with Crippen LogP contribution in [0, 0.1) is 0 Å². The van der Waals surface area contributed by atoms with Gasteiger partial charge >= 0.3 is 0 Å². The van der Waals surface area contributed by atoms with E-state index in [0.29, 0.717) is 0 Å². The number of hydrogen-bond donors (Lipinski definition) is 2. The normalized spacial score (nSPS) is 18.3. The number of rotatable bonds is 1. The van der Waals surface area contributed by atoms with Gasteiger partial charge in [0, 0.05) is 0 Å². The van der Waals surface area contributed by atoms with Gasteiger partial charge in [-0.1, -0.05) is 0 Å². The molecule has 0 bridgehead atoms. The first-order valence-corrected chi connectivity index (χ1v) is 2.35. The Balaban J connectivity index is 3.79. The van der Waals surface area contributed by atoms with Crippen LogP contribution in [0.25, 0.3) is 0 Å². The molecule has 0 amide bonds. The van der Waals surface area contributed by atoms with Gasteiger partial charge in [-0.25, -0.2) is 0 Å². The maximum atomic E-state index is 10.1. The number of carbonyl (C=O) groups is 1. The topological polar surface area (TPSA) is 37.3 Å². The Morgan fingerprint density at radius 2 is 2.00 bits per heavy atom. The van der Waals surface area contributed by atoms with Gasteiger partial charge in [-0.2, -0.15) is 0 Å². The van der Waals surface area contributed by atoms with E-state index in [0.717, 1.165) is 0 Å². The molecular formula is C4H8O2S. The van der Waals surface area contributed by atoms with Gasteiger partial charge in [0.25, 0.3) is 0 Å². The van der Waals surface area contributed by atoms with Crippen molar-refractivity contribution in [1.29, 1.82) is 0 Å². The smallest absolute Gasteiger partial charge is 0.171 e. The summed E-state index contributed by atoms with van der Waals surface area (Å²) in [5.41, 5.74) is 0. The van der Waals surface area contributed by atoms with E-state index in [4.69, 9.17) is 5.11 Å². The van der Waals surface area contributed by atoms with Gasteiger partial charge in [0.05, 0.1) is 0 Å². The Morgan fingerprint density at radius 3 is 2.00 bits per heavy atom. The zero-order valence-electron chi connectivity index (χ0n) is 4.30. The molecule has 1 N–H and O–H groups in total. The fourth-order valence-corrected chi connectivity index (χ4v) is 0. The van der Waals surface area contributed by atoms with E-state index in [1.165, 1.54) is 13.8 Å². The molecule has 0 radical (unpaired) electrons. The van der Waals surface area contributed by atoms with Crippen molar-refractivity contribution in [2.24, 2.45) is 0 Å². The van der Waals surface area contributed by atoms with Gasteiger partial charge in [-0.05, 0) is 13.8 Å². The van der Waals surface area contributed by atoms with E-state index >= 15 is 0 Å². The molecule has 0 spiro atoms. The zero-order chi connectivity index (χ0) is 6.08. The minimum Gasteiger partial charge on any atom is -0.373 e. The Morgan fingerprint density at radius 1 is 1.86 bits per heavy atom. The molecule has 0 aliphatic rings. The van der Waals surface area contributed by atoms with Crippen molar-refractivity contribution in [3.63, 3.8) is 0 Å². The van der Waals surface area contributed by atoms with E-state index < -0.39 is 4.93 Å². The van der Waals surface area contributed by atoms with Gasteiger partial charge in [-0.3, -0.25) is 4.79 Å². The number of ketones is 1. The second-order valence-electron chi connectivity index (χ2n) is 1.58. The molecule has 7 heavy (non-hydrogen) atoms. The number of aliphatic hydroxyl groups is 1. The van der Waals surface area contributed by atoms with Crippen LogP contribution in [0.15, 0.2) is 0 Å². The summed E-state index contributed by atoms with van der Waals surface area (Å²) in [6, 6.07) is 0. The summed E-state index contributed by atoms with van der Waals surface area (Å²) in [6.45, 7) is 2.62. The summed E-state index contributed by atoms with van der Waals surface area (Å²) in [5, 5.41) is 8.61. The van der Waals surface area contributed by atoms with Crippen molar-refractivity contribution in [2.75, 3.05) is 0 Å². The highest BCUT2D eigenvalue weighted by molar-refractivity contribution is 7.82. The van der Waals surface area contributed by atoms with Gasteiger partial charge in [0.1, 0.15) is 0 Å². The van der Waals surface area contributed by atoms with E-state index in [1.807, 2.05) is 0 Å². The van der Waals surface area contributed by atoms with Crippen molar-refractivity contribution in [3.05, 3.63) is 0 Å². The molecular weight excluding hydrogens is 112 g/mol. The molecule has 0 aromatic carbocycles. The minimum atomic E-state index is -1.44. The second-order valence-corrected chi connectivity index (χ2v) is 2.45. The quantitative estimate of drug-likeness (QED) is 0.383. The van der Waals surface area contributed by atoms with Crippen LogP contribution in [-0.2, 0) is 4.79 Å². The van der Waals surface area contributed by atoms with E-state index in [1.54, 1.807) is 0 Å². The lowest BCUT2D eigenvalue weighted by molar-refractivity contribution is -0.126. The van der Waals surface area contributed by atoms with Crippen LogP contribution >= 0.6 is 12.6 Å². The third-order valence-electron chi connectivity index (χ3n) is 0.667. The second kappa shape index (κ2) is 1.84. The molecule has 0 aromatic rings. The maximum absolute atomic E-state index is 10.1. The third-order valence-corrected chi connectivity index (χ3v) is 0.982. The van der Waals surface area contributed by atoms with Crippen molar-refractivity contribution in [2.45, 2.75) is 18.8 Å². The first kappa shape index (κ1) is 6.98. The molecule has 42 valence electrons. The van der Waals surface area contributed by atoms with Gasteiger partial charge in [0.2, 0.25) is 0 Å². The molecule has 0 rings (SSSR count). The third kappa shape index (κ3) is 2.65. The average molecular weight is 120 g/mol. The highest BCUT2D eigenvalue weighted by Gasteiger charge is 2.18. The predicted octanol–water partition coefficient (Wildman–Crippen LogP) is 0.214. The molecule has 0 aliphatic heterocycles. The number of hydrogen-bond acceptors (Lipinski definition) is 3. The highest BCUT2D eigenvalue weighted by Crippen LogP contribution is 2.07. The molecule has 3 heteroatoms. The summed E-state index contributed by atoms with van der Waals surface area (Å²) < 4.78 is 0. The number of Topliss-reactive ketones (excluding diaryl/α,β-unsaturated/α-hetero) is 1. The Hall–Kier alpha value is -0.0200. The standard InChI is InChI=1S/C4H8O2S/c1-3(5)4(2,6)7/h6-7H,1-2H3. The van der Waals surface area contributed by atoms with E-state index in [-0.39, 0.29) is 5.78 Å². The highest BCUT2D eigenvalue weighted by atomic mass is 32.1. The van der Waals surface area contributed by atoms with Gasteiger partial charge < -0.3 is 5.11 Å². The van der Waals surface area contributed by atoms with Crippen molar-refractivity contribution >= 4 is 18.4 Å². The van der Waals surface area contributed by atoms with Crippen molar-refractivity contribution in [3.8, 4) is 0 Å².